The maximum absolute atomic E-state index is 13.0. The molecule has 0 aliphatic heterocycles. The SMILES string of the molecule is CC(=O)Nc1cccc(C(=O)O[C@@H](C)c2nnc(-c3ccc(F)cc3)o2)c1. The van der Waals surface area contributed by atoms with Gasteiger partial charge < -0.3 is 14.5 Å². The number of benzene rings is 2. The van der Waals surface area contributed by atoms with Crippen LogP contribution in [0.4, 0.5) is 10.1 Å². The Balaban J connectivity index is 1.70. The van der Waals surface area contributed by atoms with Crippen LogP contribution in [0.15, 0.2) is 52.9 Å². The topological polar surface area (TPSA) is 94.3 Å². The molecule has 0 saturated heterocycles. The number of hydrogen-bond acceptors (Lipinski definition) is 6. The van der Waals surface area contributed by atoms with Crippen molar-refractivity contribution in [3.05, 3.63) is 65.8 Å². The van der Waals surface area contributed by atoms with Gasteiger partial charge in [0.15, 0.2) is 6.10 Å². The van der Waals surface area contributed by atoms with Crippen LogP contribution >= 0.6 is 0 Å². The summed E-state index contributed by atoms with van der Waals surface area (Å²) < 4.78 is 23.8. The molecule has 0 radical (unpaired) electrons. The highest BCUT2D eigenvalue weighted by molar-refractivity contribution is 5.93. The summed E-state index contributed by atoms with van der Waals surface area (Å²) in [5.41, 5.74) is 1.31. The van der Waals surface area contributed by atoms with Crippen molar-refractivity contribution < 1.29 is 23.1 Å². The smallest absolute Gasteiger partial charge is 0.338 e. The highest BCUT2D eigenvalue weighted by Crippen LogP contribution is 2.23. The summed E-state index contributed by atoms with van der Waals surface area (Å²) >= 11 is 0. The summed E-state index contributed by atoms with van der Waals surface area (Å²) in [4.78, 5) is 23.4. The number of halogens is 1. The average Bonchev–Trinajstić information content (AvgIpc) is 3.12. The molecule has 0 bridgehead atoms. The number of ether oxygens (including phenoxy) is 1. The van der Waals surface area contributed by atoms with Gasteiger partial charge in [-0.2, -0.15) is 0 Å². The molecule has 3 rings (SSSR count). The maximum Gasteiger partial charge on any atom is 0.338 e. The third-order valence-electron chi connectivity index (χ3n) is 3.58. The second-order valence-corrected chi connectivity index (χ2v) is 5.76. The summed E-state index contributed by atoms with van der Waals surface area (Å²) in [6.07, 6.45) is -0.788. The molecule has 27 heavy (non-hydrogen) atoms. The zero-order chi connectivity index (χ0) is 19.4. The maximum atomic E-state index is 13.0. The van der Waals surface area contributed by atoms with E-state index in [1.807, 2.05) is 0 Å². The van der Waals surface area contributed by atoms with Crippen LogP contribution in [0.3, 0.4) is 0 Å². The van der Waals surface area contributed by atoms with E-state index < -0.39 is 12.1 Å². The molecular formula is C19H16FN3O4. The Kier molecular flexibility index (Phi) is 5.25. The highest BCUT2D eigenvalue weighted by atomic mass is 19.1. The number of carbonyl (C=O) groups excluding carboxylic acids is 2. The van der Waals surface area contributed by atoms with E-state index in [4.69, 9.17) is 9.15 Å². The summed E-state index contributed by atoms with van der Waals surface area (Å²) in [5, 5.41) is 10.4. The van der Waals surface area contributed by atoms with Gasteiger partial charge in [0.05, 0.1) is 5.56 Å². The zero-order valence-corrected chi connectivity index (χ0v) is 14.6. The van der Waals surface area contributed by atoms with E-state index in [1.165, 1.54) is 37.3 Å². The van der Waals surface area contributed by atoms with Gasteiger partial charge in [-0.3, -0.25) is 4.79 Å². The fourth-order valence-electron chi connectivity index (χ4n) is 2.31. The Labute approximate surface area is 154 Å². The number of rotatable bonds is 5. The van der Waals surface area contributed by atoms with E-state index in [0.29, 0.717) is 11.3 Å². The lowest BCUT2D eigenvalue weighted by molar-refractivity contribution is -0.114. The van der Waals surface area contributed by atoms with Crippen molar-refractivity contribution in [1.82, 2.24) is 10.2 Å². The fourth-order valence-corrected chi connectivity index (χ4v) is 2.31. The Morgan fingerprint density at radius 3 is 2.59 bits per heavy atom. The number of nitrogens with one attached hydrogen (secondary N) is 1. The number of amides is 1. The van der Waals surface area contributed by atoms with Crippen LogP contribution in [0.5, 0.6) is 0 Å². The van der Waals surface area contributed by atoms with Gasteiger partial charge in [0.2, 0.25) is 11.8 Å². The summed E-state index contributed by atoms with van der Waals surface area (Å²) in [6, 6.07) is 12.0. The van der Waals surface area contributed by atoms with Gasteiger partial charge in [-0.15, -0.1) is 10.2 Å². The number of hydrogen-bond donors (Lipinski definition) is 1. The van der Waals surface area contributed by atoms with Gasteiger partial charge in [-0.25, -0.2) is 9.18 Å². The second-order valence-electron chi connectivity index (χ2n) is 5.76. The number of aromatic nitrogens is 2. The standard InChI is InChI=1S/C19H16FN3O4/c1-11(17-22-23-18(27-17)13-6-8-15(20)9-7-13)26-19(25)14-4-3-5-16(10-14)21-12(2)24/h3-11H,1-2H3,(H,21,24)/t11-/m0/s1. The van der Waals surface area contributed by atoms with Gasteiger partial charge in [-0.1, -0.05) is 6.07 Å². The Bertz CT molecular complexity index is 969. The molecule has 1 aromatic heterocycles. The van der Waals surface area contributed by atoms with Gasteiger partial charge in [-0.05, 0) is 49.4 Å². The van der Waals surface area contributed by atoms with Gasteiger partial charge >= 0.3 is 5.97 Å². The van der Waals surface area contributed by atoms with E-state index in [2.05, 4.69) is 15.5 Å². The largest absolute Gasteiger partial charge is 0.449 e. The Morgan fingerprint density at radius 1 is 1.15 bits per heavy atom. The molecule has 8 heteroatoms. The predicted molar refractivity (Wildman–Crippen MR) is 94.3 cm³/mol. The zero-order valence-electron chi connectivity index (χ0n) is 14.6. The molecule has 7 nitrogen and oxygen atoms in total. The van der Waals surface area contributed by atoms with Crippen LogP contribution in [0.25, 0.3) is 11.5 Å². The lowest BCUT2D eigenvalue weighted by Crippen LogP contribution is -2.11. The van der Waals surface area contributed by atoms with Crippen molar-refractivity contribution in [1.29, 1.82) is 0 Å². The minimum atomic E-state index is -0.788. The molecule has 138 valence electrons. The molecule has 2 aromatic carbocycles. The normalized spacial score (nSPS) is 11.7. The van der Waals surface area contributed by atoms with E-state index in [9.17, 15) is 14.0 Å². The average molecular weight is 369 g/mol. The van der Waals surface area contributed by atoms with Crippen molar-refractivity contribution >= 4 is 17.6 Å². The molecule has 1 N–H and O–H groups in total. The third-order valence-corrected chi connectivity index (χ3v) is 3.58. The molecule has 0 saturated carbocycles. The molecule has 1 heterocycles. The van der Waals surface area contributed by atoms with Crippen LogP contribution in [0.1, 0.15) is 36.2 Å². The van der Waals surface area contributed by atoms with Crippen molar-refractivity contribution in [2.45, 2.75) is 20.0 Å². The predicted octanol–water partition coefficient (Wildman–Crippen LogP) is 3.75. The first-order valence-electron chi connectivity index (χ1n) is 8.10. The Hall–Kier alpha value is -3.55. The molecule has 0 aliphatic rings. The van der Waals surface area contributed by atoms with Gasteiger partial charge in [0.1, 0.15) is 5.82 Å². The van der Waals surface area contributed by atoms with Gasteiger partial charge in [0.25, 0.3) is 5.89 Å². The van der Waals surface area contributed by atoms with E-state index in [-0.39, 0.29) is 29.1 Å². The van der Waals surface area contributed by atoms with E-state index in [0.717, 1.165) is 0 Å². The van der Waals surface area contributed by atoms with E-state index in [1.54, 1.807) is 25.1 Å². The molecule has 1 amide bonds. The van der Waals surface area contributed by atoms with Crippen LogP contribution < -0.4 is 5.32 Å². The summed E-state index contributed by atoms with van der Waals surface area (Å²) in [7, 11) is 0. The quantitative estimate of drug-likeness (QED) is 0.688. The lowest BCUT2D eigenvalue weighted by atomic mass is 10.2. The lowest BCUT2D eigenvalue weighted by Gasteiger charge is -2.10. The van der Waals surface area contributed by atoms with Crippen molar-refractivity contribution in [2.75, 3.05) is 5.32 Å². The number of nitrogens with zero attached hydrogens (tertiary/aromatic N) is 2. The number of esters is 1. The molecule has 1 atom stereocenters. The molecular weight excluding hydrogens is 353 g/mol. The minimum absolute atomic E-state index is 0.112. The Morgan fingerprint density at radius 2 is 1.89 bits per heavy atom. The molecule has 0 fully saturated rings. The first-order valence-corrected chi connectivity index (χ1v) is 8.10. The van der Waals surface area contributed by atoms with Crippen LogP contribution in [-0.2, 0) is 9.53 Å². The number of carbonyl (C=O) groups is 2. The second kappa shape index (κ2) is 7.77. The number of anilines is 1. The first-order chi connectivity index (χ1) is 12.9. The first kappa shape index (κ1) is 18.2. The van der Waals surface area contributed by atoms with E-state index >= 15 is 0 Å². The van der Waals surface area contributed by atoms with Crippen LogP contribution in [0, 0.1) is 5.82 Å². The van der Waals surface area contributed by atoms with Crippen molar-refractivity contribution in [3.8, 4) is 11.5 Å². The minimum Gasteiger partial charge on any atom is -0.449 e. The summed E-state index contributed by atoms with van der Waals surface area (Å²) in [6.45, 7) is 2.97. The van der Waals surface area contributed by atoms with Crippen molar-refractivity contribution in [3.63, 3.8) is 0 Å². The third kappa shape index (κ3) is 4.55. The van der Waals surface area contributed by atoms with Crippen LogP contribution in [-0.4, -0.2) is 22.1 Å². The molecule has 0 aliphatic carbocycles. The van der Waals surface area contributed by atoms with Crippen LogP contribution in [0.2, 0.25) is 0 Å². The highest BCUT2D eigenvalue weighted by Gasteiger charge is 2.20. The summed E-state index contributed by atoms with van der Waals surface area (Å²) in [5.74, 6) is -0.909. The van der Waals surface area contributed by atoms with Crippen molar-refractivity contribution in [2.24, 2.45) is 0 Å². The fraction of sp³-hybridized carbons (Fsp3) is 0.158. The molecule has 0 spiro atoms. The molecule has 0 unspecified atom stereocenters. The molecule has 3 aromatic rings. The van der Waals surface area contributed by atoms with Gasteiger partial charge in [0, 0.05) is 18.2 Å². The monoisotopic (exact) mass is 369 g/mol.